The van der Waals surface area contributed by atoms with Crippen LogP contribution in [0.5, 0.6) is 0 Å². The van der Waals surface area contributed by atoms with E-state index in [1.807, 2.05) is 24.4 Å². The maximum atomic E-state index is 4.97. The van der Waals surface area contributed by atoms with Crippen molar-refractivity contribution in [1.82, 2.24) is 15.0 Å². The van der Waals surface area contributed by atoms with Crippen molar-refractivity contribution in [2.45, 2.75) is 0 Å². The molecule has 0 amide bonds. The fourth-order valence-corrected chi connectivity index (χ4v) is 8.09. The first-order valence-corrected chi connectivity index (χ1v) is 16.2. The van der Waals surface area contributed by atoms with Gasteiger partial charge in [-0.25, -0.2) is 9.97 Å². The Bertz CT molecular complexity index is 2190. The number of fused-ring (bicyclic) bond motifs is 4. The largest absolute Gasteiger partial charge is 0.256 e. The zero-order chi connectivity index (χ0) is 29.0. The van der Waals surface area contributed by atoms with E-state index in [0.29, 0.717) is 0 Å². The minimum atomic E-state index is 1.00. The van der Waals surface area contributed by atoms with Gasteiger partial charge < -0.3 is 0 Å². The maximum Gasteiger partial charge on any atom is 0.124 e. The molecule has 0 aliphatic heterocycles. The van der Waals surface area contributed by atoms with E-state index in [-0.39, 0.29) is 0 Å². The Labute approximate surface area is 261 Å². The fourth-order valence-electron chi connectivity index (χ4n) is 6.15. The van der Waals surface area contributed by atoms with Gasteiger partial charge in [0.15, 0.2) is 0 Å². The van der Waals surface area contributed by atoms with Gasteiger partial charge in [0.05, 0.1) is 25.9 Å². The monoisotopic (exact) mass is 597 g/mol. The lowest BCUT2D eigenvalue weighted by Crippen LogP contribution is -1.92. The molecule has 5 heteroatoms. The van der Waals surface area contributed by atoms with Crippen molar-refractivity contribution in [2.75, 3.05) is 0 Å². The highest BCUT2D eigenvalue weighted by molar-refractivity contribution is 7.22. The normalized spacial score (nSPS) is 11.6. The van der Waals surface area contributed by atoms with E-state index in [9.17, 15) is 0 Å². The number of nitrogens with zero attached hydrogens (tertiary/aromatic N) is 3. The Morgan fingerprint density at radius 2 is 0.841 bits per heavy atom. The average Bonchev–Trinajstić information content (AvgIpc) is 3.72. The summed E-state index contributed by atoms with van der Waals surface area (Å²) in [6, 6.07) is 47.2. The number of benzene rings is 6. The van der Waals surface area contributed by atoms with Gasteiger partial charge in [-0.05, 0) is 57.8 Å². The predicted octanol–water partition coefficient (Wildman–Crippen LogP) is 11.3. The van der Waals surface area contributed by atoms with Gasteiger partial charge in [0, 0.05) is 28.3 Å². The fraction of sp³-hybridized carbons (Fsp3) is 0. The van der Waals surface area contributed by atoms with Crippen molar-refractivity contribution in [1.29, 1.82) is 0 Å². The highest BCUT2D eigenvalue weighted by Crippen LogP contribution is 2.44. The molecule has 0 saturated carbocycles. The van der Waals surface area contributed by atoms with Gasteiger partial charge >= 0.3 is 0 Å². The minimum Gasteiger partial charge on any atom is -0.256 e. The molecule has 6 aromatic carbocycles. The van der Waals surface area contributed by atoms with Crippen LogP contribution in [0.15, 0.2) is 140 Å². The van der Waals surface area contributed by atoms with Gasteiger partial charge in [-0.3, -0.25) is 4.98 Å². The molecule has 44 heavy (non-hydrogen) atoms. The van der Waals surface area contributed by atoms with Crippen molar-refractivity contribution in [3.63, 3.8) is 0 Å². The van der Waals surface area contributed by atoms with Crippen LogP contribution in [-0.4, -0.2) is 15.0 Å². The molecule has 0 spiro atoms. The molecule has 0 unspecified atom stereocenters. The molecule has 206 valence electrons. The number of hydrogen-bond donors (Lipinski definition) is 0. The summed E-state index contributed by atoms with van der Waals surface area (Å²) < 4.78 is 2.41. The van der Waals surface area contributed by atoms with Crippen LogP contribution in [0.3, 0.4) is 0 Å². The Hall–Kier alpha value is -5.23. The first-order chi connectivity index (χ1) is 21.8. The quantitative estimate of drug-likeness (QED) is 0.189. The predicted molar refractivity (Wildman–Crippen MR) is 187 cm³/mol. The van der Waals surface area contributed by atoms with Crippen LogP contribution < -0.4 is 0 Å². The van der Waals surface area contributed by atoms with E-state index >= 15 is 0 Å². The highest BCUT2D eigenvalue weighted by atomic mass is 32.1. The second-order valence-corrected chi connectivity index (χ2v) is 12.9. The van der Waals surface area contributed by atoms with Crippen LogP contribution >= 0.6 is 22.7 Å². The van der Waals surface area contributed by atoms with Gasteiger partial charge in [-0.1, -0.05) is 103 Å². The molecule has 0 aliphatic carbocycles. The number of pyridine rings is 1. The summed E-state index contributed by atoms with van der Waals surface area (Å²) in [6.45, 7) is 0. The second kappa shape index (κ2) is 10.2. The zero-order valence-corrected chi connectivity index (χ0v) is 25.1. The zero-order valence-electron chi connectivity index (χ0n) is 23.4. The molecule has 0 atom stereocenters. The van der Waals surface area contributed by atoms with Gasteiger partial charge in [-0.2, -0.15) is 0 Å². The lowest BCUT2D eigenvalue weighted by Gasteiger charge is -2.17. The summed E-state index contributed by atoms with van der Waals surface area (Å²) in [4.78, 5) is 14.7. The van der Waals surface area contributed by atoms with E-state index in [4.69, 9.17) is 15.0 Å². The van der Waals surface area contributed by atoms with Crippen molar-refractivity contribution in [3.8, 4) is 43.4 Å². The van der Waals surface area contributed by atoms with E-state index in [1.54, 1.807) is 22.7 Å². The van der Waals surface area contributed by atoms with Gasteiger partial charge in [0.2, 0.25) is 0 Å². The summed E-state index contributed by atoms with van der Waals surface area (Å²) in [5, 5.41) is 5.63. The molecule has 9 aromatic rings. The van der Waals surface area contributed by atoms with Crippen LogP contribution in [-0.2, 0) is 0 Å². The van der Waals surface area contributed by atoms with E-state index in [1.165, 1.54) is 31.3 Å². The van der Waals surface area contributed by atoms with Crippen molar-refractivity contribution in [2.24, 2.45) is 0 Å². The summed E-state index contributed by atoms with van der Waals surface area (Å²) in [5.41, 5.74) is 10.0. The maximum absolute atomic E-state index is 4.97. The van der Waals surface area contributed by atoms with Crippen LogP contribution in [0, 0.1) is 0 Å². The number of thiazole rings is 2. The smallest absolute Gasteiger partial charge is 0.124 e. The molecule has 0 saturated heterocycles. The Morgan fingerprint density at radius 3 is 1.41 bits per heavy atom. The molecule has 3 heterocycles. The van der Waals surface area contributed by atoms with Crippen LogP contribution in [0.4, 0.5) is 0 Å². The molecule has 0 radical (unpaired) electrons. The van der Waals surface area contributed by atoms with Gasteiger partial charge in [0.1, 0.15) is 10.0 Å². The van der Waals surface area contributed by atoms with Crippen molar-refractivity contribution in [3.05, 3.63) is 140 Å². The third kappa shape index (κ3) is 4.13. The number of rotatable bonds is 4. The van der Waals surface area contributed by atoms with Crippen molar-refractivity contribution < 1.29 is 0 Å². The SMILES string of the molecule is c1ccc2sc(-c3ccc(-c4c5ccccc5c(-c5ccc(-c6nc7ccccc7s6)cc5)c5ncccc45)cc3)nc2c1. The molecule has 3 aromatic heterocycles. The van der Waals surface area contributed by atoms with Gasteiger partial charge in [-0.15, -0.1) is 22.7 Å². The Kier molecular flexibility index (Phi) is 5.86. The average molecular weight is 598 g/mol. The molecule has 0 fully saturated rings. The molecular weight excluding hydrogens is 575 g/mol. The third-order valence-electron chi connectivity index (χ3n) is 8.21. The van der Waals surface area contributed by atoms with Crippen LogP contribution in [0.1, 0.15) is 0 Å². The third-order valence-corrected chi connectivity index (χ3v) is 10.4. The Morgan fingerprint density at radius 1 is 0.386 bits per heavy atom. The number of aromatic nitrogens is 3. The molecule has 0 aliphatic rings. The van der Waals surface area contributed by atoms with Crippen molar-refractivity contribution >= 4 is 64.8 Å². The molecule has 3 nitrogen and oxygen atoms in total. The molecular formula is C39H23N3S2. The summed E-state index contributed by atoms with van der Waals surface area (Å²) in [5.74, 6) is 0. The minimum absolute atomic E-state index is 1.00. The summed E-state index contributed by atoms with van der Waals surface area (Å²) >= 11 is 3.46. The summed E-state index contributed by atoms with van der Waals surface area (Å²) in [7, 11) is 0. The lowest BCUT2D eigenvalue weighted by molar-refractivity contribution is 1.42. The van der Waals surface area contributed by atoms with E-state index < -0.39 is 0 Å². The van der Waals surface area contributed by atoms with Crippen LogP contribution in [0.2, 0.25) is 0 Å². The molecule has 0 N–H and O–H groups in total. The summed E-state index contributed by atoms with van der Waals surface area (Å²) in [6.07, 6.45) is 1.90. The topological polar surface area (TPSA) is 38.7 Å². The number of hydrogen-bond acceptors (Lipinski definition) is 5. The van der Waals surface area contributed by atoms with E-state index in [0.717, 1.165) is 54.2 Å². The molecule has 9 rings (SSSR count). The van der Waals surface area contributed by atoms with Crippen LogP contribution in [0.25, 0.3) is 85.5 Å². The first-order valence-electron chi connectivity index (χ1n) is 14.5. The van der Waals surface area contributed by atoms with Gasteiger partial charge in [0.25, 0.3) is 0 Å². The Balaban J connectivity index is 1.18. The molecule has 0 bridgehead atoms. The number of para-hydroxylation sites is 2. The highest BCUT2D eigenvalue weighted by Gasteiger charge is 2.18. The first kappa shape index (κ1) is 25.3. The van der Waals surface area contributed by atoms with E-state index in [2.05, 4.69) is 115 Å². The second-order valence-electron chi connectivity index (χ2n) is 10.8. The standard InChI is InChI=1S/C39H23N3S2/c1-2-9-29-28(8-1)35(24-15-19-26(20-16-24)38-41-31-11-3-5-13-33(31)43-38)30-10-7-23-40-37(30)36(29)25-17-21-27(22-18-25)39-42-32-12-4-6-14-34(32)44-39/h1-23H. The lowest BCUT2D eigenvalue weighted by atomic mass is 9.87.